The number of benzene rings is 8. The molecular formula is C80H84Cl4N12O20. The van der Waals surface area contributed by atoms with Crippen molar-refractivity contribution in [2.24, 2.45) is 20.0 Å². The highest BCUT2D eigenvalue weighted by atomic mass is 35.5. The fourth-order valence-electron chi connectivity index (χ4n) is 12.0. The number of fused-ring (bicyclic) bond motifs is 8. The highest BCUT2D eigenvalue weighted by molar-refractivity contribution is 6.32. The van der Waals surface area contributed by atoms with Crippen LogP contribution < -0.4 is 60.6 Å². The van der Waals surface area contributed by atoms with Gasteiger partial charge in [0, 0.05) is 32.2 Å². The van der Waals surface area contributed by atoms with Crippen LogP contribution in [0.4, 0.5) is 22.7 Å². The number of aliphatic carboxylic acids is 6. The zero-order chi connectivity index (χ0) is 79.5. The van der Waals surface area contributed by atoms with Gasteiger partial charge in [0.2, 0.25) is 0 Å². The van der Waals surface area contributed by atoms with Gasteiger partial charge in [-0.1, -0.05) is 94.9 Å². The van der Waals surface area contributed by atoms with Gasteiger partial charge in [0.05, 0.1) is 151 Å². The molecule has 18 N–H and O–H groups in total. The van der Waals surface area contributed by atoms with Crippen molar-refractivity contribution in [2.45, 2.75) is 0 Å². The van der Waals surface area contributed by atoms with E-state index in [1.165, 1.54) is 0 Å². The highest BCUT2D eigenvalue weighted by Crippen LogP contribution is 2.43. The third kappa shape index (κ3) is 27.2. The highest BCUT2D eigenvalue weighted by Gasteiger charge is 2.30. The van der Waals surface area contributed by atoms with Crippen LogP contribution in [0.25, 0.3) is 0 Å². The molecule has 0 saturated carbocycles. The molecule has 0 bridgehead atoms. The Balaban J connectivity index is 0.000000218. The molecule has 8 aliphatic heterocycles. The van der Waals surface area contributed by atoms with Crippen molar-refractivity contribution in [3.8, 4) is 46.0 Å². The standard InChI is InChI=1S/4C17H16ClN3O.3C4H4O4.4H2O/c4*18-12-5-6-15-13(11-12)17(21-9-7-19-8-10-21)20-14-3-1-2-4-16(14)22-15;3*5-3(6)1-2-4(7)8;;;;/h4*1-6,11,19H,7-10H2;3*1-2H,(H,5,6)(H,7,8);4*1H2/b;;;;3*2-1+;;;;. The van der Waals surface area contributed by atoms with Gasteiger partial charge in [0.25, 0.3) is 0 Å². The number of nitrogens with zero attached hydrogens (tertiary/aromatic N) is 8. The van der Waals surface area contributed by atoms with Crippen LogP contribution in [-0.4, -0.2) is 216 Å². The van der Waals surface area contributed by atoms with E-state index in [1.54, 1.807) is 0 Å². The number of quaternary nitrogens is 4. The second-order valence-corrected chi connectivity index (χ2v) is 26.7. The van der Waals surface area contributed by atoms with Crippen molar-refractivity contribution < 1.29 is 122 Å². The number of carboxylic acids is 6. The molecule has 8 heterocycles. The predicted molar refractivity (Wildman–Crippen MR) is 427 cm³/mol. The van der Waals surface area contributed by atoms with E-state index in [9.17, 15) is 49.2 Å². The number of hydrogen-bond donors (Lipinski definition) is 6. The number of para-hydroxylation sites is 8. The van der Waals surface area contributed by atoms with Crippen LogP contribution in [0.5, 0.6) is 46.0 Å². The molecule has 32 nitrogen and oxygen atoms in total. The largest absolute Gasteiger partial charge is 0.545 e. The van der Waals surface area contributed by atoms with Crippen LogP contribution >= 0.6 is 46.4 Å². The average molecular weight is 1680 g/mol. The first-order valence-corrected chi connectivity index (χ1v) is 36.9. The Hall–Kier alpha value is -12.3. The molecule has 0 radical (unpaired) electrons. The molecule has 116 heavy (non-hydrogen) atoms. The van der Waals surface area contributed by atoms with E-state index in [-0.39, 0.29) is 21.9 Å². The first kappa shape index (κ1) is 92.6. The van der Waals surface area contributed by atoms with Crippen molar-refractivity contribution in [1.29, 1.82) is 0 Å². The number of carbonyl (C=O) groups excluding carboxylic acids is 4. The summed E-state index contributed by atoms with van der Waals surface area (Å²) in [6.45, 7) is 16.5. The Bertz CT molecular complexity index is 4330. The summed E-state index contributed by atoms with van der Waals surface area (Å²) in [5.74, 6) is 1.47. The Morgan fingerprint density at radius 2 is 0.491 bits per heavy atom. The van der Waals surface area contributed by atoms with E-state index in [0.717, 1.165) is 219 Å². The number of rotatable bonds is 6. The maximum Gasteiger partial charge on any atom is 0.328 e. The third-order valence-electron chi connectivity index (χ3n) is 17.1. The molecule has 0 unspecified atom stereocenters. The van der Waals surface area contributed by atoms with E-state index < -0.39 is 35.8 Å². The summed E-state index contributed by atoms with van der Waals surface area (Å²) >= 11 is 24.8. The maximum atomic E-state index is 9.53. The number of piperazine rings is 4. The minimum Gasteiger partial charge on any atom is -0.545 e. The van der Waals surface area contributed by atoms with Gasteiger partial charge in [-0.15, -0.1) is 0 Å². The molecule has 0 aliphatic carbocycles. The molecular weight excluding hydrogens is 1590 g/mol. The number of nitrogens with two attached hydrogens (primary N) is 4. The summed E-state index contributed by atoms with van der Waals surface area (Å²) in [6.07, 6.45) is 2.65. The summed E-state index contributed by atoms with van der Waals surface area (Å²) in [7, 11) is 0. The number of halogens is 4. The van der Waals surface area contributed by atoms with E-state index >= 15 is 0 Å². The van der Waals surface area contributed by atoms with Gasteiger partial charge in [-0.3, -0.25) is 0 Å². The fraction of sp³-hybridized carbons (Fsp3) is 0.200. The molecule has 0 spiro atoms. The Kier molecular flexibility index (Phi) is 36.9. The van der Waals surface area contributed by atoms with Crippen molar-refractivity contribution in [2.75, 3.05) is 105 Å². The minimum absolute atomic E-state index is 0. The summed E-state index contributed by atoms with van der Waals surface area (Å²) in [5.41, 5.74) is 7.30. The first-order valence-electron chi connectivity index (χ1n) is 35.4. The Morgan fingerprint density at radius 1 is 0.302 bits per heavy atom. The van der Waals surface area contributed by atoms with E-state index in [4.69, 9.17) is 95.5 Å². The molecule has 0 atom stereocenters. The molecule has 4 fully saturated rings. The van der Waals surface area contributed by atoms with Crippen LogP contribution in [0.3, 0.4) is 0 Å². The molecule has 0 amide bonds. The average Bonchev–Trinajstić information content (AvgIpc) is 1.65. The normalized spacial score (nSPS) is 14.8. The summed E-state index contributed by atoms with van der Waals surface area (Å²) < 4.78 is 24.3. The zero-order valence-corrected chi connectivity index (χ0v) is 65.0. The van der Waals surface area contributed by atoms with Crippen molar-refractivity contribution in [3.63, 3.8) is 0 Å². The quantitative estimate of drug-likeness (QED) is 0.120. The molecule has 4 saturated heterocycles. The van der Waals surface area contributed by atoms with Crippen LogP contribution in [-0.2, 0) is 28.8 Å². The zero-order valence-electron chi connectivity index (χ0n) is 62.0. The number of hydrogen-bond acceptors (Lipinski definition) is 22. The van der Waals surface area contributed by atoms with Crippen molar-refractivity contribution in [3.05, 3.63) is 249 Å². The molecule has 8 aliphatic rings. The number of amidine groups is 4. The fourth-order valence-corrected chi connectivity index (χ4v) is 12.7. The molecule has 36 heteroatoms. The second kappa shape index (κ2) is 46.2. The monoisotopic (exact) mass is 1670 g/mol. The summed E-state index contributed by atoms with van der Waals surface area (Å²) in [5, 5.41) is 65.4. The lowest BCUT2D eigenvalue weighted by Crippen LogP contribution is -2.89. The summed E-state index contributed by atoms with van der Waals surface area (Å²) in [6, 6.07) is 54.4. The third-order valence-corrected chi connectivity index (χ3v) is 18.0. The molecule has 8 aromatic carbocycles. The Labute approximate surface area is 685 Å². The van der Waals surface area contributed by atoms with Crippen molar-refractivity contribution >= 4 is 128 Å². The van der Waals surface area contributed by atoms with E-state index in [2.05, 4.69) is 40.9 Å². The van der Waals surface area contributed by atoms with Crippen LogP contribution in [0, 0.1) is 0 Å². The Morgan fingerprint density at radius 3 is 0.672 bits per heavy atom. The van der Waals surface area contributed by atoms with Gasteiger partial charge < -0.3 is 132 Å². The number of ether oxygens (including phenoxy) is 4. The number of carbonyl (C=O) groups is 6. The van der Waals surface area contributed by atoms with E-state index in [1.807, 2.05) is 170 Å². The van der Waals surface area contributed by atoms with Gasteiger partial charge in [0.1, 0.15) is 69.1 Å². The second-order valence-electron chi connectivity index (χ2n) is 24.9. The molecule has 8 aromatic rings. The molecule has 0 aromatic heterocycles. The lowest BCUT2D eigenvalue weighted by atomic mass is 10.1. The lowest BCUT2D eigenvalue weighted by molar-refractivity contribution is -0.661. The van der Waals surface area contributed by atoms with Gasteiger partial charge in [0.15, 0.2) is 23.0 Å². The number of carboxylic acid groups (broad SMARTS) is 6. The SMILES string of the molecule is Clc1ccc2c(c1)C(N1CC[NH2+]CC1)=Nc1ccccc1O2.Clc1ccc2c(c1)C(N1CC[NH2+]CC1)=Nc1ccccc1O2.Clc1ccc2c(c1)C(N1CC[NH2+]CC1)=Nc1ccccc1O2.Clc1ccc2c(c1)C(N1CC[NH2+]CC1)=Nc1ccccc1O2.O.O.O.O.O=C([O-])/C=C/C(=O)O.O=C([O-])/C=C/C(=O)O.O=C([O-])/C=C/C(=O)[O-]. The topological polar surface area (TPSA) is 527 Å². The minimum atomic E-state index is -1.55. The van der Waals surface area contributed by atoms with Crippen LogP contribution in [0.15, 0.2) is 226 Å². The lowest BCUT2D eigenvalue weighted by Gasteiger charge is -2.28. The maximum absolute atomic E-state index is 9.53. The van der Waals surface area contributed by atoms with Crippen molar-refractivity contribution in [1.82, 2.24) is 19.6 Å². The van der Waals surface area contributed by atoms with Gasteiger partial charge in [-0.25, -0.2) is 29.6 Å². The molecule has 612 valence electrons. The smallest absolute Gasteiger partial charge is 0.328 e. The van der Waals surface area contributed by atoms with Crippen LogP contribution in [0.1, 0.15) is 22.3 Å². The van der Waals surface area contributed by atoms with Gasteiger partial charge in [-0.2, -0.15) is 0 Å². The van der Waals surface area contributed by atoms with Gasteiger partial charge in [-0.05, 0) is 146 Å². The predicted octanol–water partition coefficient (Wildman–Crippen LogP) is 0.110. The van der Waals surface area contributed by atoms with E-state index in [0.29, 0.717) is 56.5 Å². The summed E-state index contributed by atoms with van der Waals surface area (Å²) in [4.78, 5) is 85.6. The van der Waals surface area contributed by atoms with Gasteiger partial charge >= 0.3 is 11.9 Å². The first-order chi connectivity index (χ1) is 54.1. The molecule has 16 rings (SSSR count). The van der Waals surface area contributed by atoms with Crippen LogP contribution in [0.2, 0.25) is 20.1 Å². The number of aliphatic imine (C=N–C) groups is 4.